The van der Waals surface area contributed by atoms with Gasteiger partial charge in [-0.3, -0.25) is 4.90 Å². The highest BCUT2D eigenvalue weighted by Crippen LogP contribution is 2.28. The van der Waals surface area contributed by atoms with Crippen LogP contribution in [0.4, 0.5) is 0 Å². The van der Waals surface area contributed by atoms with Crippen molar-refractivity contribution in [3.63, 3.8) is 0 Å². The number of hydrogen-bond donors (Lipinski definition) is 1. The van der Waals surface area contributed by atoms with Gasteiger partial charge in [0, 0.05) is 31.8 Å². The van der Waals surface area contributed by atoms with Crippen LogP contribution < -0.4 is 5.32 Å². The molecule has 1 heterocycles. The summed E-state index contributed by atoms with van der Waals surface area (Å²) in [6.45, 7) is 9.97. The van der Waals surface area contributed by atoms with Gasteiger partial charge in [0.15, 0.2) is 0 Å². The van der Waals surface area contributed by atoms with E-state index in [2.05, 4.69) is 24.1 Å². The molecule has 0 aromatic carbocycles. The molecule has 2 fully saturated rings. The van der Waals surface area contributed by atoms with Crippen LogP contribution in [0, 0.1) is 5.92 Å². The van der Waals surface area contributed by atoms with E-state index in [1.54, 1.807) is 0 Å². The van der Waals surface area contributed by atoms with Gasteiger partial charge in [0.2, 0.25) is 0 Å². The first-order chi connectivity index (χ1) is 10.3. The third-order valence-electron chi connectivity index (χ3n) is 5.41. The molecule has 3 heteroatoms. The van der Waals surface area contributed by atoms with Crippen LogP contribution in [0.15, 0.2) is 0 Å². The summed E-state index contributed by atoms with van der Waals surface area (Å²) in [5.41, 5.74) is 0. The molecular formula is C18H36N2O. The fourth-order valence-corrected chi connectivity index (χ4v) is 3.85. The van der Waals surface area contributed by atoms with E-state index in [4.69, 9.17) is 4.74 Å². The van der Waals surface area contributed by atoms with E-state index in [0.717, 1.165) is 25.7 Å². The highest BCUT2D eigenvalue weighted by molar-refractivity contribution is 4.86. The molecule has 1 aliphatic heterocycles. The summed E-state index contributed by atoms with van der Waals surface area (Å²) in [5.74, 6) is 0.910. The third kappa shape index (κ3) is 5.88. The van der Waals surface area contributed by atoms with Gasteiger partial charge in [0.05, 0.1) is 6.61 Å². The van der Waals surface area contributed by atoms with E-state index in [1.807, 2.05) is 0 Å². The first kappa shape index (κ1) is 17.2. The highest BCUT2D eigenvalue weighted by Gasteiger charge is 2.29. The fourth-order valence-electron chi connectivity index (χ4n) is 3.85. The smallest absolute Gasteiger partial charge is 0.0593 e. The average Bonchev–Trinajstić information content (AvgIpc) is 2.70. The number of ether oxygens (including phenoxy) is 1. The molecule has 0 spiro atoms. The third-order valence-corrected chi connectivity index (χ3v) is 5.41. The summed E-state index contributed by atoms with van der Waals surface area (Å²) < 4.78 is 5.78. The number of nitrogens with one attached hydrogen (secondary N) is 1. The SMILES string of the molecule is CCCCOCCN1CC(C2CCCCC2)NCCC1C. The van der Waals surface area contributed by atoms with Crippen LogP contribution in [0.2, 0.25) is 0 Å². The molecule has 1 saturated carbocycles. The van der Waals surface area contributed by atoms with Crippen LogP contribution in [0.1, 0.15) is 65.2 Å². The summed E-state index contributed by atoms with van der Waals surface area (Å²) in [6.07, 6.45) is 10.9. The van der Waals surface area contributed by atoms with Crippen molar-refractivity contribution in [2.24, 2.45) is 5.92 Å². The summed E-state index contributed by atoms with van der Waals surface area (Å²) >= 11 is 0. The standard InChI is InChI=1S/C18H36N2O/c1-3-4-13-21-14-12-20-15-18(19-11-10-16(20)2)17-8-6-5-7-9-17/h16-19H,3-15H2,1-2H3. The maximum atomic E-state index is 5.78. The Balaban J connectivity index is 1.77. The summed E-state index contributed by atoms with van der Waals surface area (Å²) in [7, 11) is 0. The fraction of sp³-hybridized carbons (Fsp3) is 1.00. The van der Waals surface area contributed by atoms with Crippen molar-refractivity contribution >= 4 is 0 Å². The molecule has 0 aromatic rings. The second-order valence-corrected chi connectivity index (χ2v) is 7.06. The zero-order valence-corrected chi connectivity index (χ0v) is 14.3. The summed E-state index contributed by atoms with van der Waals surface area (Å²) in [4.78, 5) is 2.67. The average molecular weight is 296 g/mol. The number of nitrogens with zero attached hydrogens (tertiary/aromatic N) is 1. The van der Waals surface area contributed by atoms with E-state index in [9.17, 15) is 0 Å². The Morgan fingerprint density at radius 1 is 1.10 bits per heavy atom. The van der Waals surface area contributed by atoms with Crippen LogP contribution >= 0.6 is 0 Å². The van der Waals surface area contributed by atoms with Gasteiger partial charge in [-0.05, 0) is 45.1 Å². The normalized spacial score (nSPS) is 29.4. The monoisotopic (exact) mass is 296 g/mol. The second kappa shape index (κ2) is 9.81. The summed E-state index contributed by atoms with van der Waals surface area (Å²) in [6, 6.07) is 1.41. The zero-order chi connectivity index (χ0) is 14.9. The van der Waals surface area contributed by atoms with Gasteiger partial charge in [0.25, 0.3) is 0 Å². The largest absolute Gasteiger partial charge is 0.380 e. The quantitative estimate of drug-likeness (QED) is 0.728. The zero-order valence-electron chi connectivity index (χ0n) is 14.3. The Labute approximate surface area is 131 Å². The molecule has 2 aliphatic rings. The Bertz CT molecular complexity index is 266. The van der Waals surface area contributed by atoms with Gasteiger partial charge in [-0.15, -0.1) is 0 Å². The molecule has 0 amide bonds. The number of rotatable bonds is 7. The topological polar surface area (TPSA) is 24.5 Å². The van der Waals surface area contributed by atoms with Gasteiger partial charge < -0.3 is 10.1 Å². The van der Waals surface area contributed by atoms with Gasteiger partial charge in [-0.1, -0.05) is 32.6 Å². The number of hydrogen-bond acceptors (Lipinski definition) is 3. The van der Waals surface area contributed by atoms with Crippen molar-refractivity contribution in [3.05, 3.63) is 0 Å². The van der Waals surface area contributed by atoms with E-state index < -0.39 is 0 Å². The Morgan fingerprint density at radius 2 is 1.90 bits per heavy atom. The highest BCUT2D eigenvalue weighted by atomic mass is 16.5. The van der Waals surface area contributed by atoms with Gasteiger partial charge in [-0.25, -0.2) is 0 Å². The molecular weight excluding hydrogens is 260 g/mol. The van der Waals surface area contributed by atoms with Crippen LogP contribution in [0.5, 0.6) is 0 Å². The second-order valence-electron chi connectivity index (χ2n) is 7.06. The molecule has 2 unspecified atom stereocenters. The first-order valence-corrected chi connectivity index (χ1v) is 9.36. The molecule has 1 saturated heterocycles. The van der Waals surface area contributed by atoms with E-state index in [0.29, 0.717) is 12.1 Å². The van der Waals surface area contributed by atoms with Crippen molar-refractivity contribution < 1.29 is 4.74 Å². The molecule has 2 rings (SSSR count). The molecule has 1 N–H and O–H groups in total. The predicted octanol–water partition coefficient (Wildman–Crippen LogP) is 3.44. The number of unbranched alkanes of at least 4 members (excludes halogenated alkanes) is 1. The molecule has 0 aromatic heterocycles. The lowest BCUT2D eigenvalue weighted by Crippen LogP contribution is -2.45. The molecule has 0 bridgehead atoms. The minimum atomic E-state index is 0.695. The minimum Gasteiger partial charge on any atom is -0.380 e. The van der Waals surface area contributed by atoms with Crippen LogP contribution in [-0.4, -0.2) is 49.8 Å². The molecule has 1 aliphatic carbocycles. The van der Waals surface area contributed by atoms with Crippen molar-refractivity contribution in [2.75, 3.05) is 32.8 Å². The molecule has 2 atom stereocenters. The van der Waals surface area contributed by atoms with E-state index in [-0.39, 0.29) is 0 Å². The van der Waals surface area contributed by atoms with Gasteiger partial charge in [0.1, 0.15) is 0 Å². The Hall–Kier alpha value is -0.120. The lowest BCUT2D eigenvalue weighted by molar-refractivity contribution is 0.0823. The van der Waals surface area contributed by atoms with Crippen molar-refractivity contribution in [3.8, 4) is 0 Å². The molecule has 124 valence electrons. The lowest BCUT2D eigenvalue weighted by atomic mass is 9.83. The maximum absolute atomic E-state index is 5.78. The summed E-state index contributed by atoms with van der Waals surface area (Å²) in [5, 5.41) is 3.84. The Kier molecular flexibility index (Phi) is 8.05. The lowest BCUT2D eigenvalue weighted by Gasteiger charge is -2.34. The van der Waals surface area contributed by atoms with Gasteiger partial charge in [-0.2, -0.15) is 0 Å². The van der Waals surface area contributed by atoms with Gasteiger partial charge >= 0.3 is 0 Å². The maximum Gasteiger partial charge on any atom is 0.0593 e. The minimum absolute atomic E-state index is 0.695. The first-order valence-electron chi connectivity index (χ1n) is 9.36. The van der Waals surface area contributed by atoms with E-state index in [1.165, 1.54) is 64.5 Å². The van der Waals surface area contributed by atoms with Crippen molar-refractivity contribution in [2.45, 2.75) is 77.3 Å². The molecule has 3 nitrogen and oxygen atoms in total. The molecule has 21 heavy (non-hydrogen) atoms. The van der Waals surface area contributed by atoms with Crippen molar-refractivity contribution in [1.82, 2.24) is 10.2 Å². The van der Waals surface area contributed by atoms with Crippen molar-refractivity contribution in [1.29, 1.82) is 0 Å². The Morgan fingerprint density at radius 3 is 2.67 bits per heavy atom. The van der Waals surface area contributed by atoms with Crippen LogP contribution in [-0.2, 0) is 4.74 Å². The molecule has 0 radical (unpaired) electrons. The van der Waals surface area contributed by atoms with Crippen LogP contribution in [0.25, 0.3) is 0 Å². The predicted molar refractivity (Wildman–Crippen MR) is 89.7 cm³/mol. The van der Waals surface area contributed by atoms with E-state index >= 15 is 0 Å². The van der Waals surface area contributed by atoms with Crippen LogP contribution in [0.3, 0.4) is 0 Å².